The van der Waals surface area contributed by atoms with Crippen LogP contribution in [0.2, 0.25) is 0 Å². The largest absolute Gasteiger partial charge is 2.00 e. The summed E-state index contributed by atoms with van der Waals surface area (Å²) in [4.78, 5) is 76.0. The Labute approximate surface area is 393 Å². The van der Waals surface area contributed by atoms with Gasteiger partial charge in [0.05, 0.1) is 34.0 Å². The Morgan fingerprint density at radius 2 is 0.800 bits per heavy atom. The van der Waals surface area contributed by atoms with Gasteiger partial charge in [-0.15, -0.1) is 22.8 Å². The van der Waals surface area contributed by atoms with E-state index in [2.05, 4.69) is 0 Å². The molecule has 2 aromatic heterocycles. The summed E-state index contributed by atoms with van der Waals surface area (Å²) < 4.78 is 28.4. The molecule has 4 heterocycles. The molecule has 0 radical (unpaired) electrons. The van der Waals surface area contributed by atoms with Crippen molar-refractivity contribution in [3.8, 4) is 0 Å². The minimum atomic E-state index is -0.393. The molecule has 65 heavy (non-hydrogen) atoms. The first-order chi connectivity index (χ1) is 29.9. The predicted octanol–water partition coefficient (Wildman–Crippen LogP) is 7.48. The SMILES string of the molecule is CC1=N/C(=C(/c2cccc(F)c2)c2[n-]c(C)c(C(=O)N(C)C)c2C)C(C)=C1C(=O)N(C)C.CC1=N/C(=C(/c2cccc(F)c2)c2[n-]c(C)c(C(=O)N(C)C)c2C)C(C)=C1C(=O)N(C)C.[Zn+2]. The fourth-order valence-electron chi connectivity index (χ4n) is 7.98. The first kappa shape index (κ1) is 51.3. The standard InChI is InChI=1S/2C25H29FN4O2.Zn/c2*1-13-19(24(31)29(5)6)15(3)27-22(13)21(17-10-9-11-18(26)12-17)23-14(2)20(16(4)28-23)25(32)30(7)8;/h2*9-12H,1-8H3,(H,27,28,31,32);/q;;+2/p-2. The number of amides is 4. The van der Waals surface area contributed by atoms with Crippen molar-refractivity contribution in [1.29, 1.82) is 0 Å². The fraction of sp³-hybridized carbons (Fsp3) is 0.320. The van der Waals surface area contributed by atoms with Crippen LogP contribution in [0.4, 0.5) is 8.78 Å². The molecular formula is C50H56F2N8O4Zn. The van der Waals surface area contributed by atoms with Crippen LogP contribution >= 0.6 is 0 Å². The number of hydrogen-bond acceptors (Lipinski definition) is 6. The number of carbonyl (C=O) groups excluding carboxylic acids is 4. The number of aryl methyl sites for hydroxylation is 2. The third-order valence-electron chi connectivity index (χ3n) is 11.1. The number of likely N-dealkylation sites (N-methyl/N-ethyl adjacent to an activating group) is 2. The predicted molar refractivity (Wildman–Crippen MR) is 248 cm³/mol. The maximum absolute atomic E-state index is 14.2. The molecule has 0 spiro atoms. The average molecular weight is 936 g/mol. The minimum Gasteiger partial charge on any atom is -0.660 e. The molecule has 0 atom stereocenters. The van der Waals surface area contributed by atoms with Crippen LogP contribution in [0.5, 0.6) is 0 Å². The summed E-state index contributed by atoms with van der Waals surface area (Å²) >= 11 is 0. The normalized spacial score (nSPS) is 14.9. The molecule has 0 N–H and O–H groups in total. The first-order valence-corrected chi connectivity index (χ1v) is 20.6. The van der Waals surface area contributed by atoms with Gasteiger partial charge in [0.1, 0.15) is 11.6 Å². The summed E-state index contributed by atoms with van der Waals surface area (Å²) in [6.45, 7) is 14.5. The van der Waals surface area contributed by atoms with E-state index >= 15 is 0 Å². The molecule has 4 aromatic rings. The number of allylic oxidation sites excluding steroid dienone is 2. The van der Waals surface area contributed by atoms with Crippen LogP contribution in [0.25, 0.3) is 11.1 Å². The first-order valence-electron chi connectivity index (χ1n) is 20.6. The Morgan fingerprint density at radius 3 is 1.08 bits per heavy atom. The number of benzene rings is 2. The maximum Gasteiger partial charge on any atom is 2.00 e. The van der Waals surface area contributed by atoms with Crippen LogP contribution in [-0.4, -0.2) is 111 Å². The molecule has 0 aliphatic carbocycles. The molecule has 15 heteroatoms. The van der Waals surface area contributed by atoms with Crippen molar-refractivity contribution < 1.29 is 47.4 Å². The van der Waals surface area contributed by atoms with Crippen LogP contribution in [0.3, 0.4) is 0 Å². The van der Waals surface area contributed by atoms with Crippen molar-refractivity contribution in [1.82, 2.24) is 29.6 Å². The maximum atomic E-state index is 14.2. The number of halogens is 2. The summed E-state index contributed by atoms with van der Waals surface area (Å²) in [5, 5.41) is 0. The van der Waals surface area contributed by atoms with Crippen molar-refractivity contribution in [3.63, 3.8) is 0 Å². The molecule has 2 aliphatic heterocycles. The molecule has 4 amide bonds. The van der Waals surface area contributed by atoms with Gasteiger partial charge in [-0.05, 0) is 99.2 Å². The molecule has 2 aromatic carbocycles. The van der Waals surface area contributed by atoms with E-state index in [1.54, 1.807) is 108 Å². The molecule has 12 nitrogen and oxygen atoms in total. The Balaban J connectivity index is 0.000000280. The zero-order chi connectivity index (χ0) is 47.8. The molecule has 0 saturated carbocycles. The molecule has 6 rings (SSSR count). The van der Waals surface area contributed by atoms with Crippen molar-refractivity contribution >= 4 is 46.2 Å². The Kier molecular flexibility index (Phi) is 16.0. The molecule has 336 valence electrons. The topological polar surface area (TPSA) is 134 Å². The van der Waals surface area contributed by atoms with E-state index in [4.69, 9.17) is 20.0 Å². The summed E-state index contributed by atoms with van der Waals surface area (Å²) in [5.74, 6) is -1.38. The van der Waals surface area contributed by atoms with Gasteiger partial charge in [-0.1, -0.05) is 49.2 Å². The third-order valence-corrected chi connectivity index (χ3v) is 11.1. The zero-order valence-electron chi connectivity index (χ0n) is 40.3. The summed E-state index contributed by atoms with van der Waals surface area (Å²) in [6.07, 6.45) is 0. The average Bonchev–Trinajstić information content (AvgIpc) is 3.88. The second-order valence-corrected chi connectivity index (χ2v) is 16.8. The number of aliphatic imine (C=N–C) groups is 2. The molecule has 0 fully saturated rings. The van der Waals surface area contributed by atoms with E-state index in [1.807, 2.05) is 27.7 Å². The van der Waals surface area contributed by atoms with Gasteiger partial charge in [0.25, 0.3) is 23.6 Å². The van der Waals surface area contributed by atoms with Crippen LogP contribution in [0.15, 0.2) is 92.2 Å². The van der Waals surface area contributed by atoms with Crippen molar-refractivity contribution in [2.24, 2.45) is 9.98 Å². The number of nitrogens with zero attached hydrogens (tertiary/aromatic N) is 8. The van der Waals surface area contributed by atoms with Gasteiger partial charge in [0.15, 0.2) is 0 Å². The summed E-state index contributed by atoms with van der Waals surface area (Å²) in [5.41, 5.74) is 11.8. The molecule has 0 saturated heterocycles. The van der Waals surface area contributed by atoms with Crippen LogP contribution in [0, 0.1) is 39.3 Å². The molecule has 0 bridgehead atoms. The van der Waals surface area contributed by atoms with Crippen LogP contribution in [0.1, 0.15) is 93.4 Å². The van der Waals surface area contributed by atoms with E-state index < -0.39 is 11.6 Å². The number of hydrogen-bond donors (Lipinski definition) is 0. The quantitative estimate of drug-likeness (QED) is 0.168. The van der Waals surface area contributed by atoms with Gasteiger partial charge in [-0.3, -0.25) is 29.2 Å². The zero-order valence-corrected chi connectivity index (χ0v) is 43.3. The fourth-order valence-corrected chi connectivity index (χ4v) is 7.98. The second kappa shape index (κ2) is 20.2. The molecule has 2 aliphatic rings. The number of rotatable bonds is 8. The van der Waals surface area contributed by atoms with E-state index in [1.165, 1.54) is 43.9 Å². The number of aromatic nitrogens is 2. The van der Waals surface area contributed by atoms with Crippen LogP contribution < -0.4 is 9.97 Å². The van der Waals surface area contributed by atoms with Gasteiger partial charge in [0.2, 0.25) is 0 Å². The summed E-state index contributed by atoms with van der Waals surface area (Å²) in [7, 11) is 13.5. The summed E-state index contributed by atoms with van der Waals surface area (Å²) in [6, 6.07) is 12.4. The van der Waals surface area contributed by atoms with E-state index in [-0.39, 0.29) is 43.1 Å². The smallest absolute Gasteiger partial charge is 0.660 e. The monoisotopic (exact) mass is 934 g/mol. The van der Waals surface area contributed by atoms with E-state index in [0.717, 1.165) is 0 Å². The van der Waals surface area contributed by atoms with Crippen LogP contribution in [-0.2, 0) is 29.1 Å². The van der Waals surface area contributed by atoms with Crippen molar-refractivity contribution in [2.75, 3.05) is 56.4 Å². The van der Waals surface area contributed by atoms with E-state index in [0.29, 0.717) is 112 Å². The molecular weight excluding hydrogens is 880 g/mol. The molecule has 0 unspecified atom stereocenters. The van der Waals surface area contributed by atoms with Gasteiger partial charge < -0.3 is 29.6 Å². The number of carbonyl (C=O) groups is 4. The van der Waals surface area contributed by atoms with Crippen molar-refractivity contribution in [3.05, 3.63) is 150 Å². The van der Waals surface area contributed by atoms with Gasteiger partial charge in [0, 0.05) is 67.5 Å². The van der Waals surface area contributed by atoms with Gasteiger partial charge in [-0.25, -0.2) is 8.78 Å². The van der Waals surface area contributed by atoms with E-state index in [9.17, 15) is 28.0 Å². The van der Waals surface area contributed by atoms with Crippen molar-refractivity contribution in [2.45, 2.75) is 55.4 Å². The Morgan fingerprint density at radius 1 is 0.492 bits per heavy atom. The van der Waals surface area contributed by atoms with Gasteiger partial charge in [-0.2, -0.15) is 0 Å². The minimum absolute atomic E-state index is 0. The Bertz CT molecular complexity index is 2620. The van der Waals surface area contributed by atoms with Gasteiger partial charge >= 0.3 is 19.5 Å². The second-order valence-electron chi connectivity index (χ2n) is 16.8. The third kappa shape index (κ3) is 10.0. The Hall–Kier alpha value is -6.34.